The van der Waals surface area contributed by atoms with Crippen LogP contribution in [0.5, 0.6) is 11.5 Å². The second-order valence-corrected chi connectivity index (χ2v) is 7.06. The van der Waals surface area contributed by atoms with Gasteiger partial charge < -0.3 is 19.1 Å². The van der Waals surface area contributed by atoms with E-state index in [-0.39, 0.29) is 19.1 Å². The molecular formula is C24H25NO5. The number of rotatable bonds is 8. The second-order valence-electron chi connectivity index (χ2n) is 7.06. The highest BCUT2D eigenvalue weighted by atomic mass is 16.6. The molecule has 0 N–H and O–H groups in total. The predicted molar refractivity (Wildman–Crippen MR) is 115 cm³/mol. The summed E-state index contributed by atoms with van der Waals surface area (Å²) in [5.74, 6) is 0.520. The van der Waals surface area contributed by atoms with E-state index in [1.807, 2.05) is 61.5 Å². The zero-order valence-corrected chi connectivity index (χ0v) is 17.4. The van der Waals surface area contributed by atoms with Crippen molar-refractivity contribution in [2.45, 2.75) is 13.5 Å². The van der Waals surface area contributed by atoms with Crippen LogP contribution in [0.3, 0.4) is 0 Å². The average Bonchev–Trinajstić information content (AvgIpc) is 2.75. The number of hydrogen-bond donors (Lipinski definition) is 0. The Morgan fingerprint density at radius 2 is 1.67 bits per heavy atom. The molecule has 0 unspecified atom stereocenters. The molecule has 0 fully saturated rings. The fraction of sp³-hybridized carbons (Fsp3) is 0.250. The summed E-state index contributed by atoms with van der Waals surface area (Å²) < 4.78 is 15.7. The highest BCUT2D eigenvalue weighted by molar-refractivity contribution is 5.85. The van der Waals surface area contributed by atoms with Crippen molar-refractivity contribution in [2.24, 2.45) is 0 Å². The maximum atomic E-state index is 12.3. The summed E-state index contributed by atoms with van der Waals surface area (Å²) in [4.78, 5) is 25.7. The van der Waals surface area contributed by atoms with E-state index in [1.54, 1.807) is 20.2 Å². The van der Waals surface area contributed by atoms with Crippen molar-refractivity contribution < 1.29 is 23.8 Å². The normalized spacial score (nSPS) is 10.5. The van der Waals surface area contributed by atoms with Crippen LogP contribution in [0.1, 0.15) is 11.1 Å². The lowest BCUT2D eigenvalue weighted by molar-refractivity contribution is -0.153. The number of carbonyl (C=O) groups excluding carboxylic acids is 2. The monoisotopic (exact) mass is 407 g/mol. The van der Waals surface area contributed by atoms with Crippen LogP contribution in [0.2, 0.25) is 0 Å². The van der Waals surface area contributed by atoms with E-state index in [1.165, 1.54) is 4.90 Å². The Kier molecular flexibility index (Phi) is 6.91. The molecule has 0 aromatic heterocycles. The van der Waals surface area contributed by atoms with E-state index in [0.717, 1.165) is 27.6 Å². The van der Waals surface area contributed by atoms with E-state index >= 15 is 0 Å². The molecule has 0 aliphatic carbocycles. The number of hydrogen-bond acceptors (Lipinski definition) is 5. The Labute approximate surface area is 176 Å². The summed E-state index contributed by atoms with van der Waals surface area (Å²) in [6.45, 7) is 1.79. The first-order valence-corrected chi connectivity index (χ1v) is 9.60. The number of esters is 1. The number of methoxy groups -OCH3 is 1. The molecule has 6 nitrogen and oxygen atoms in total. The first-order chi connectivity index (χ1) is 14.4. The number of ether oxygens (including phenoxy) is 3. The van der Waals surface area contributed by atoms with Gasteiger partial charge in [-0.2, -0.15) is 0 Å². The van der Waals surface area contributed by atoms with E-state index in [4.69, 9.17) is 14.2 Å². The maximum Gasteiger partial charge on any atom is 0.344 e. The van der Waals surface area contributed by atoms with Crippen LogP contribution in [0.25, 0.3) is 10.8 Å². The molecule has 30 heavy (non-hydrogen) atoms. The third-order valence-corrected chi connectivity index (χ3v) is 4.66. The number of aryl methyl sites for hydroxylation is 1. The van der Waals surface area contributed by atoms with E-state index in [9.17, 15) is 9.59 Å². The number of fused-ring (bicyclic) bond motifs is 1. The van der Waals surface area contributed by atoms with Crippen LogP contribution in [-0.4, -0.2) is 44.1 Å². The summed E-state index contributed by atoms with van der Waals surface area (Å²) in [6, 6.07) is 19.2. The lowest BCUT2D eigenvalue weighted by Gasteiger charge is -2.17. The Bertz CT molecular complexity index is 1050. The molecule has 3 aromatic rings. The molecule has 156 valence electrons. The van der Waals surface area contributed by atoms with Crippen molar-refractivity contribution in [1.29, 1.82) is 0 Å². The number of likely N-dealkylation sites (N-methyl/N-ethyl adjacent to an activating group) is 1. The second kappa shape index (κ2) is 9.78. The van der Waals surface area contributed by atoms with Gasteiger partial charge in [0, 0.05) is 13.6 Å². The smallest absolute Gasteiger partial charge is 0.344 e. The molecule has 0 aliphatic heterocycles. The summed E-state index contributed by atoms with van der Waals surface area (Å²) in [5.41, 5.74) is 2.02. The molecule has 0 heterocycles. The zero-order chi connectivity index (χ0) is 21.5. The SMILES string of the molecule is COc1ccc2cc(CN(C)C(=O)COC(=O)COc3cccc(C)c3)ccc2c1. The third kappa shape index (κ3) is 5.73. The standard InChI is InChI=1S/C24H25NO5/c1-17-5-4-6-22(11-17)29-16-24(27)30-15-23(26)25(2)14-18-7-8-20-13-21(28-3)10-9-19(20)12-18/h4-13H,14-16H2,1-3H3. The Balaban J connectivity index is 1.48. The largest absolute Gasteiger partial charge is 0.497 e. The van der Waals surface area contributed by atoms with Gasteiger partial charge in [-0.1, -0.05) is 30.3 Å². The first kappa shape index (κ1) is 21.2. The summed E-state index contributed by atoms with van der Waals surface area (Å²) in [5, 5.41) is 2.13. The molecule has 3 aromatic carbocycles. The molecule has 0 atom stereocenters. The van der Waals surface area contributed by atoms with Gasteiger partial charge in [0.2, 0.25) is 0 Å². The van der Waals surface area contributed by atoms with Crippen molar-refractivity contribution in [3.63, 3.8) is 0 Å². The molecule has 0 saturated carbocycles. The fourth-order valence-electron chi connectivity index (χ4n) is 3.00. The highest BCUT2D eigenvalue weighted by Gasteiger charge is 2.13. The van der Waals surface area contributed by atoms with Crippen molar-refractivity contribution in [3.05, 3.63) is 71.8 Å². The van der Waals surface area contributed by atoms with E-state index in [0.29, 0.717) is 12.3 Å². The molecule has 0 radical (unpaired) electrons. The van der Waals surface area contributed by atoms with Crippen molar-refractivity contribution >= 4 is 22.6 Å². The average molecular weight is 407 g/mol. The van der Waals surface area contributed by atoms with Crippen molar-refractivity contribution in [3.8, 4) is 11.5 Å². The molecule has 0 bridgehead atoms. The quantitative estimate of drug-likeness (QED) is 0.532. The first-order valence-electron chi connectivity index (χ1n) is 9.60. The zero-order valence-electron chi connectivity index (χ0n) is 17.4. The van der Waals surface area contributed by atoms with Gasteiger partial charge in [-0.15, -0.1) is 0 Å². The topological polar surface area (TPSA) is 65.1 Å². The van der Waals surface area contributed by atoms with Crippen LogP contribution in [0.4, 0.5) is 0 Å². The van der Waals surface area contributed by atoms with E-state index in [2.05, 4.69) is 0 Å². The van der Waals surface area contributed by atoms with Gasteiger partial charge >= 0.3 is 5.97 Å². The van der Waals surface area contributed by atoms with Crippen LogP contribution in [0.15, 0.2) is 60.7 Å². The molecule has 3 rings (SSSR count). The van der Waals surface area contributed by atoms with Gasteiger partial charge in [-0.05, 0) is 59.2 Å². The van der Waals surface area contributed by atoms with Crippen LogP contribution in [-0.2, 0) is 20.9 Å². The minimum atomic E-state index is -0.585. The Morgan fingerprint density at radius 1 is 0.900 bits per heavy atom. The molecule has 0 saturated heterocycles. The van der Waals surface area contributed by atoms with Gasteiger partial charge in [0.05, 0.1) is 7.11 Å². The number of amides is 1. The Hall–Kier alpha value is -3.54. The van der Waals surface area contributed by atoms with Gasteiger partial charge in [-0.25, -0.2) is 4.79 Å². The van der Waals surface area contributed by atoms with Crippen LogP contribution >= 0.6 is 0 Å². The summed E-state index contributed by atoms with van der Waals surface area (Å²) in [7, 11) is 3.31. The maximum absolute atomic E-state index is 12.3. The van der Waals surface area contributed by atoms with Crippen LogP contribution in [0, 0.1) is 6.92 Å². The summed E-state index contributed by atoms with van der Waals surface area (Å²) >= 11 is 0. The third-order valence-electron chi connectivity index (χ3n) is 4.66. The van der Waals surface area contributed by atoms with Crippen LogP contribution < -0.4 is 9.47 Å². The van der Waals surface area contributed by atoms with Gasteiger partial charge in [0.25, 0.3) is 5.91 Å². The Morgan fingerprint density at radius 3 is 2.43 bits per heavy atom. The van der Waals surface area contributed by atoms with Gasteiger partial charge in [0.15, 0.2) is 13.2 Å². The number of carbonyl (C=O) groups is 2. The molecule has 1 amide bonds. The fourth-order valence-corrected chi connectivity index (χ4v) is 3.00. The van der Waals surface area contributed by atoms with Gasteiger partial charge in [-0.3, -0.25) is 4.79 Å². The lowest BCUT2D eigenvalue weighted by Crippen LogP contribution is -2.31. The lowest BCUT2D eigenvalue weighted by atomic mass is 10.1. The highest BCUT2D eigenvalue weighted by Crippen LogP contribution is 2.22. The minimum absolute atomic E-state index is 0.241. The molecule has 0 spiro atoms. The van der Waals surface area contributed by atoms with Crippen molar-refractivity contribution in [2.75, 3.05) is 27.4 Å². The van der Waals surface area contributed by atoms with E-state index < -0.39 is 5.97 Å². The summed E-state index contributed by atoms with van der Waals surface area (Å²) in [6.07, 6.45) is 0. The molecule has 0 aliphatic rings. The number of nitrogens with zero attached hydrogens (tertiary/aromatic N) is 1. The minimum Gasteiger partial charge on any atom is -0.497 e. The predicted octanol–water partition coefficient (Wildman–Crippen LogP) is 3.74. The number of benzene rings is 3. The molecule has 6 heteroatoms. The van der Waals surface area contributed by atoms with Gasteiger partial charge in [0.1, 0.15) is 11.5 Å². The van der Waals surface area contributed by atoms with Crippen molar-refractivity contribution in [1.82, 2.24) is 4.90 Å². The molecular weight excluding hydrogens is 382 g/mol.